The van der Waals surface area contributed by atoms with Crippen LogP contribution in [0.25, 0.3) is 11.1 Å². The molecule has 36 heavy (non-hydrogen) atoms. The number of carbonyl (C=O) groups excluding carboxylic acids is 2. The number of halogens is 1. The summed E-state index contributed by atoms with van der Waals surface area (Å²) in [5.74, 6) is -0.630. The van der Waals surface area contributed by atoms with Crippen LogP contribution in [0.1, 0.15) is 79.2 Å². The van der Waals surface area contributed by atoms with Crippen molar-refractivity contribution in [3.8, 4) is 16.9 Å². The molecule has 0 saturated heterocycles. The number of nitrogens with zero attached hydrogens (tertiary/aromatic N) is 1. The highest BCUT2D eigenvalue weighted by Crippen LogP contribution is 2.47. The van der Waals surface area contributed by atoms with Crippen LogP contribution in [-0.4, -0.2) is 36.1 Å². The van der Waals surface area contributed by atoms with Gasteiger partial charge >= 0.3 is 5.97 Å². The Bertz CT molecular complexity index is 1240. The van der Waals surface area contributed by atoms with E-state index in [1.54, 1.807) is 11.8 Å². The van der Waals surface area contributed by atoms with Crippen molar-refractivity contribution in [2.45, 2.75) is 86.1 Å². The summed E-state index contributed by atoms with van der Waals surface area (Å²) >= 11 is 0. The molecule has 0 unspecified atom stereocenters. The number of carbonyl (C=O) groups is 2. The summed E-state index contributed by atoms with van der Waals surface area (Å²) in [5, 5.41) is 0. The highest BCUT2D eigenvalue weighted by Gasteiger charge is 2.37. The van der Waals surface area contributed by atoms with Crippen LogP contribution in [0.4, 0.5) is 4.39 Å². The van der Waals surface area contributed by atoms with Gasteiger partial charge in [0.1, 0.15) is 0 Å². The molecule has 0 aromatic heterocycles. The number of benzene rings is 2. The van der Waals surface area contributed by atoms with Gasteiger partial charge in [-0.2, -0.15) is 0 Å². The Balaban J connectivity index is 2.08. The zero-order valence-corrected chi connectivity index (χ0v) is 22.6. The molecule has 0 spiro atoms. The molecule has 2 heterocycles. The SMILES string of the molecule is COC(=O)[C@@H](OC(C)(C)C)c1c(C)c2c(c(C)c1-c1cc(F)c3c(c1C)CCCO3)CN(C(C)=O)C2. The Labute approximate surface area is 212 Å². The van der Waals surface area contributed by atoms with Crippen LogP contribution in [-0.2, 0) is 38.6 Å². The minimum Gasteiger partial charge on any atom is -0.490 e. The molecule has 2 aromatic rings. The lowest BCUT2D eigenvalue weighted by Crippen LogP contribution is -2.29. The van der Waals surface area contributed by atoms with Gasteiger partial charge in [-0.05, 0) is 99.4 Å². The first-order valence-electron chi connectivity index (χ1n) is 12.5. The predicted molar refractivity (Wildman–Crippen MR) is 135 cm³/mol. The molecule has 2 aromatic carbocycles. The fourth-order valence-electron chi connectivity index (χ4n) is 5.52. The zero-order valence-electron chi connectivity index (χ0n) is 22.6. The third kappa shape index (κ3) is 4.49. The van der Waals surface area contributed by atoms with Crippen molar-refractivity contribution in [3.05, 3.63) is 50.8 Å². The van der Waals surface area contributed by atoms with E-state index in [9.17, 15) is 9.59 Å². The molecule has 0 saturated carbocycles. The smallest absolute Gasteiger partial charge is 0.339 e. The van der Waals surface area contributed by atoms with E-state index in [1.165, 1.54) is 13.2 Å². The van der Waals surface area contributed by atoms with Gasteiger partial charge in [-0.25, -0.2) is 9.18 Å². The molecule has 6 nitrogen and oxygen atoms in total. The maximum atomic E-state index is 15.4. The van der Waals surface area contributed by atoms with E-state index in [0.717, 1.165) is 51.8 Å². The minimum atomic E-state index is -1.02. The fourth-order valence-corrected chi connectivity index (χ4v) is 5.52. The molecule has 0 aliphatic carbocycles. The molecular formula is C29H36FNO5. The van der Waals surface area contributed by atoms with Gasteiger partial charge in [-0.3, -0.25) is 4.79 Å². The number of methoxy groups -OCH3 is 1. The lowest BCUT2D eigenvalue weighted by atomic mass is 9.80. The van der Waals surface area contributed by atoms with E-state index >= 15 is 4.39 Å². The summed E-state index contributed by atoms with van der Waals surface area (Å²) in [6.45, 7) is 14.6. The number of fused-ring (bicyclic) bond motifs is 2. The summed E-state index contributed by atoms with van der Waals surface area (Å²) in [6.07, 6.45) is 0.522. The van der Waals surface area contributed by atoms with E-state index in [2.05, 4.69) is 0 Å². The summed E-state index contributed by atoms with van der Waals surface area (Å²) < 4.78 is 32.6. The van der Waals surface area contributed by atoms with Crippen LogP contribution in [0.3, 0.4) is 0 Å². The van der Waals surface area contributed by atoms with Gasteiger partial charge in [0.25, 0.3) is 0 Å². The summed E-state index contributed by atoms with van der Waals surface area (Å²) in [4.78, 5) is 27.2. The van der Waals surface area contributed by atoms with Crippen LogP contribution in [0.5, 0.6) is 5.75 Å². The molecule has 0 bridgehead atoms. The fraction of sp³-hybridized carbons (Fsp3) is 0.517. The van der Waals surface area contributed by atoms with E-state index in [4.69, 9.17) is 14.2 Å². The Morgan fingerprint density at radius 3 is 2.28 bits per heavy atom. The predicted octanol–water partition coefficient (Wildman–Crippen LogP) is 5.63. The van der Waals surface area contributed by atoms with Crippen LogP contribution in [0.2, 0.25) is 0 Å². The molecular weight excluding hydrogens is 461 g/mol. The molecule has 0 radical (unpaired) electrons. The molecule has 7 heteroatoms. The van der Waals surface area contributed by atoms with Crippen molar-refractivity contribution in [2.75, 3.05) is 13.7 Å². The summed E-state index contributed by atoms with van der Waals surface area (Å²) in [5.41, 5.74) is 7.10. The first-order valence-corrected chi connectivity index (χ1v) is 12.5. The second-order valence-electron chi connectivity index (χ2n) is 10.8. The van der Waals surface area contributed by atoms with Crippen molar-refractivity contribution in [1.29, 1.82) is 0 Å². The average Bonchev–Trinajstić information content (AvgIpc) is 3.28. The van der Waals surface area contributed by atoms with Gasteiger partial charge in [0.15, 0.2) is 17.7 Å². The van der Waals surface area contributed by atoms with Crippen molar-refractivity contribution in [2.24, 2.45) is 0 Å². The number of esters is 1. The Hall–Kier alpha value is -2.93. The second-order valence-corrected chi connectivity index (χ2v) is 10.8. The third-order valence-electron chi connectivity index (χ3n) is 7.32. The zero-order chi connectivity index (χ0) is 26.5. The van der Waals surface area contributed by atoms with Gasteiger partial charge in [0.2, 0.25) is 5.91 Å². The standard InChI is InChI=1S/C29H36FNO5/c1-15-19-10-9-11-35-26(19)23(30)12-20(15)24-16(2)21-13-31(18(4)32)14-22(21)17(3)25(24)27(28(33)34-8)36-29(5,6)7/h12,27H,9-11,13-14H2,1-8H3/t27-/m0/s1. The third-order valence-corrected chi connectivity index (χ3v) is 7.32. The summed E-state index contributed by atoms with van der Waals surface area (Å²) in [7, 11) is 1.34. The molecule has 194 valence electrons. The van der Waals surface area contributed by atoms with E-state index in [1.807, 2.05) is 41.5 Å². The number of rotatable bonds is 4. The van der Waals surface area contributed by atoms with E-state index in [0.29, 0.717) is 36.6 Å². The van der Waals surface area contributed by atoms with Crippen LogP contribution in [0.15, 0.2) is 6.07 Å². The van der Waals surface area contributed by atoms with Gasteiger partial charge in [0.05, 0.1) is 19.3 Å². The Kier molecular flexibility index (Phi) is 6.90. The largest absolute Gasteiger partial charge is 0.490 e. The molecule has 0 fully saturated rings. The maximum Gasteiger partial charge on any atom is 0.339 e. The van der Waals surface area contributed by atoms with Gasteiger partial charge in [-0.1, -0.05) is 0 Å². The maximum absolute atomic E-state index is 15.4. The lowest BCUT2D eigenvalue weighted by Gasteiger charge is -2.31. The highest BCUT2D eigenvalue weighted by molar-refractivity contribution is 5.87. The molecule has 2 aliphatic rings. The summed E-state index contributed by atoms with van der Waals surface area (Å²) in [6, 6.07) is 1.51. The van der Waals surface area contributed by atoms with Crippen LogP contribution >= 0.6 is 0 Å². The first-order chi connectivity index (χ1) is 16.9. The quantitative estimate of drug-likeness (QED) is 0.512. The molecule has 4 rings (SSSR count). The number of hydrogen-bond donors (Lipinski definition) is 0. The van der Waals surface area contributed by atoms with Crippen LogP contribution in [0, 0.1) is 26.6 Å². The van der Waals surface area contributed by atoms with Crippen molar-refractivity contribution in [3.63, 3.8) is 0 Å². The van der Waals surface area contributed by atoms with Crippen LogP contribution < -0.4 is 4.74 Å². The first kappa shape index (κ1) is 26.1. The highest BCUT2D eigenvalue weighted by atomic mass is 19.1. The van der Waals surface area contributed by atoms with E-state index in [-0.39, 0.29) is 5.91 Å². The Morgan fingerprint density at radius 1 is 1.06 bits per heavy atom. The minimum absolute atomic E-state index is 0.0169. The van der Waals surface area contributed by atoms with Gasteiger partial charge in [-0.15, -0.1) is 0 Å². The number of amides is 1. The van der Waals surface area contributed by atoms with Gasteiger partial charge < -0.3 is 19.1 Å². The van der Waals surface area contributed by atoms with E-state index < -0.39 is 23.5 Å². The number of ether oxygens (including phenoxy) is 3. The lowest BCUT2D eigenvalue weighted by molar-refractivity contribution is -0.164. The topological polar surface area (TPSA) is 65.1 Å². The molecule has 0 N–H and O–H groups in total. The molecule has 1 atom stereocenters. The molecule has 1 amide bonds. The van der Waals surface area contributed by atoms with Crippen molar-refractivity contribution in [1.82, 2.24) is 4.90 Å². The van der Waals surface area contributed by atoms with Gasteiger partial charge in [0, 0.05) is 31.1 Å². The average molecular weight is 498 g/mol. The number of hydrogen-bond acceptors (Lipinski definition) is 5. The molecule has 2 aliphatic heterocycles. The normalized spacial score (nSPS) is 15.8. The monoisotopic (exact) mass is 497 g/mol. The van der Waals surface area contributed by atoms with Crippen molar-refractivity contribution >= 4 is 11.9 Å². The van der Waals surface area contributed by atoms with Crippen molar-refractivity contribution < 1.29 is 28.2 Å². The Morgan fingerprint density at radius 2 is 1.69 bits per heavy atom. The second kappa shape index (κ2) is 9.51.